The van der Waals surface area contributed by atoms with Crippen molar-refractivity contribution in [3.8, 4) is 11.8 Å². The number of unbranched alkanes of at least 4 members (excludes halogenated alkanes) is 2. The van der Waals surface area contributed by atoms with Gasteiger partial charge in [-0.25, -0.2) is 4.39 Å². The maximum atomic E-state index is 13.3. The molecule has 1 aromatic carbocycles. The van der Waals surface area contributed by atoms with Crippen LogP contribution >= 0.6 is 0 Å². The van der Waals surface area contributed by atoms with Gasteiger partial charge in [-0.3, -0.25) is 0 Å². The van der Waals surface area contributed by atoms with Crippen molar-refractivity contribution in [1.82, 2.24) is 0 Å². The van der Waals surface area contributed by atoms with Crippen molar-refractivity contribution in [2.24, 2.45) is 5.73 Å². The van der Waals surface area contributed by atoms with Gasteiger partial charge >= 0.3 is 0 Å². The Kier molecular flexibility index (Phi) is 6.16. The van der Waals surface area contributed by atoms with Crippen molar-refractivity contribution in [3.63, 3.8) is 0 Å². The minimum Gasteiger partial charge on any atom is -0.493 e. The molecule has 0 bridgehead atoms. The Labute approximate surface area is 107 Å². The Bertz CT molecular complexity index is 413. The summed E-state index contributed by atoms with van der Waals surface area (Å²) in [6.07, 6.45) is 2.76. The van der Waals surface area contributed by atoms with Crippen molar-refractivity contribution in [2.75, 3.05) is 6.61 Å². The summed E-state index contributed by atoms with van der Waals surface area (Å²) >= 11 is 0. The Hall–Kier alpha value is -1.60. The second-order valence-electron chi connectivity index (χ2n) is 4.44. The van der Waals surface area contributed by atoms with E-state index in [1.165, 1.54) is 12.1 Å². The lowest BCUT2D eigenvalue weighted by atomic mass is 10.1. The molecule has 2 N–H and O–H groups in total. The SMILES string of the molecule is CC(N)Cc1cc(F)cc(OCCCCC#N)c1. The fourth-order valence-electron chi connectivity index (χ4n) is 1.69. The quantitative estimate of drug-likeness (QED) is 0.757. The first-order valence-electron chi connectivity index (χ1n) is 6.16. The van der Waals surface area contributed by atoms with Crippen molar-refractivity contribution in [2.45, 2.75) is 38.6 Å². The highest BCUT2D eigenvalue weighted by Crippen LogP contribution is 2.18. The summed E-state index contributed by atoms with van der Waals surface area (Å²) in [6.45, 7) is 2.38. The molecule has 3 nitrogen and oxygen atoms in total. The van der Waals surface area contributed by atoms with Crippen molar-refractivity contribution >= 4 is 0 Å². The first-order valence-corrected chi connectivity index (χ1v) is 6.16. The number of nitriles is 1. The Morgan fingerprint density at radius 3 is 2.83 bits per heavy atom. The standard InChI is InChI=1S/C14H19FN2O/c1-11(17)7-12-8-13(15)10-14(9-12)18-6-4-2-3-5-16/h8-11H,2-4,6-7,17H2,1H3. The highest BCUT2D eigenvalue weighted by Gasteiger charge is 2.04. The van der Waals surface area contributed by atoms with Crippen molar-refractivity contribution in [1.29, 1.82) is 5.26 Å². The van der Waals surface area contributed by atoms with Crippen LogP contribution in [0.5, 0.6) is 5.75 Å². The van der Waals surface area contributed by atoms with Crippen LogP contribution in [0, 0.1) is 17.1 Å². The molecule has 1 atom stereocenters. The molecular weight excluding hydrogens is 231 g/mol. The number of halogens is 1. The monoisotopic (exact) mass is 250 g/mol. The molecule has 1 aromatic rings. The van der Waals surface area contributed by atoms with Crippen LogP contribution < -0.4 is 10.5 Å². The van der Waals surface area contributed by atoms with Crippen molar-refractivity contribution < 1.29 is 9.13 Å². The first kappa shape index (κ1) is 14.5. The molecule has 98 valence electrons. The van der Waals surface area contributed by atoms with E-state index in [1.54, 1.807) is 0 Å². The smallest absolute Gasteiger partial charge is 0.127 e. The number of hydrogen-bond acceptors (Lipinski definition) is 3. The van der Waals surface area contributed by atoms with Gasteiger partial charge in [-0.1, -0.05) is 0 Å². The third-order valence-electron chi connectivity index (χ3n) is 2.44. The average molecular weight is 250 g/mol. The normalized spacial score (nSPS) is 11.9. The van der Waals surface area contributed by atoms with Gasteiger partial charge in [0.15, 0.2) is 0 Å². The van der Waals surface area contributed by atoms with Gasteiger partial charge in [0, 0.05) is 18.5 Å². The summed E-state index contributed by atoms with van der Waals surface area (Å²) in [5, 5.41) is 8.39. The molecule has 0 radical (unpaired) electrons. The largest absolute Gasteiger partial charge is 0.493 e. The summed E-state index contributed by atoms with van der Waals surface area (Å²) in [5.41, 5.74) is 6.53. The Morgan fingerprint density at radius 2 is 2.17 bits per heavy atom. The predicted octanol–water partition coefficient (Wildman–Crippen LogP) is 2.79. The van der Waals surface area contributed by atoms with Crippen LogP contribution in [0.25, 0.3) is 0 Å². The van der Waals surface area contributed by atoms with E-state index < -0.39 is 0 Å². The molecule has 0 saturated heterocycles. The molecule has 18 heavy (non-hydrogen) atoms. The number of ether oxygens (including phenoxy) is 1. The molecule has 0 heterocycles. The van der Waals surface area contributed by atoms with Gasteiger partial charge in [-0.2, -0.15) is 5.26 Å². The van der Waals surface area contributed by atoms with Crippen LogP contribution in [0.3, 0.4) is 0 Å². The molecular formula is C14H19FN2O. The van der Waals surface area contributed by atoms with Gasteiger partial charge in [-0.05, 0) is 43.9 Å². The lowest BCUT2D eigenvalue weighted by Gasteiger charge is -2.10. The fraction of sp³-hybridized carbons (Fsp3) is 0.500. The van der Waals surface area contributed by atoms with E-state index in [-0.39, 0.29) is 11.9 Å². The van der Waals surface area contributed by atoms with E-state index in [9.17, 15) is 4.39 Å². The molecule has 1 rings (SSSR count). The molecule has 0 aliphatic carbocycles. The average Bonchev–Trinajstić information content (AvgIpc) is 2.27. The molecule has 0 aliphatic heterocycles. The maximum absolute atomic E-state index is 13.3. The topological polar surface area (TPSA) is 59.0 Å². The van der Waals surface area contributed by atoms with E-state index in [2.05, 4.69) is 6.07 Å². The molecule has 0 fully saturated rings. The first-order chi connectivity index (χ1) is 8.61. The number of benzene rings is 1. The molecule has 1 unspecified atom stereocenters. The molecule has 0 amide bonds. The summed E-state index contributed by atoms with van der Waals surface area (Å²) in [5.74, 6) is 0.225. The third-order valence-corrected chi connectivity index (χ3v) is 2.44. The van der Waals surface area contributed by atoms with Crippen LogP contribution in [0.4, 0.5) is 4.39 Å². The van der Waals surface area contributed by atoms with Crippen LogP contribution in [0.15, 0.2) is 18.2 Å². The van der Waals surface area contributed by atoms with Gasteiger partial charge in [0.2, 0.25) is 0 Å². The van der Waals surface area contributed by atoms with Gasteiger partial charge in [-0.15, -0.1) is 0 Å². The van der Waals surface area contributed by atoms with Crippen LogP contribution in [-0.4, -0.2) is 12.6 Å². The Balaban J connectivity index is 2.49. The highest BCUT2D eigenvalue weighted by molar-refractivity contribution is 5.30. The van der Waals surface area contributed by atoms with Crippen molar-refractivity contribution in [3.05, 3.63) is 29.6 Å². The van der Waals surface area contributed by atoms with E-state index in [4.69, 9.17) is 15.7 Å². The summed E-state index contributed by atoms with van der Waals surface area (Å²) in [6, 6.07) is 6.74. The molecule has 0 aliphatic rings. The third kappa shape index (κ3) is 5.65. The second-order valence-corrected chi connectivity index (χ2v) is 4.44. The summed E-state index contributed by atoms with van der Waals surface area (Å²) < 4.78 is 18.8. The minimum absolute atomic E-state index is 0.00437. The summed E-state index contributed by atoms with van der Waals surface area (Å²) in [4.78, 5) is 0. The summed E-state index contributed by atoms with van der Waals surface area (Å²) in [7, 11) is 0. The molecule has 4 heteroatoms. The zero-order valence-electron chi connectivity index (χ0n) is 10.7. The molecule has 0 spiro atoms. The zero-order valence-corrected chi connectivity index (χ0v) is 10.7. The van der Waals surface area contributed by atoms with Crippen LogP contribution in [0.1, 0.15) is 31.7 Å². The maximum Gasteiger partial charge on any atom is 0.127 e. The second kappa shape index (κ2) is 7.67. The minimum atomic E-state index is -0.305. The molecule has 0 saturated carbocycles. The number of nitrogens with two attached hydrogens (primary N) is 1. The lowest BCUT2D eigenvalue weighted by molar-refractivity contribution is 0.305. The number of rotatable bonds is 7. The van der Waals surface area contributed by atoms with E-state index in [0.717, 1.165) is 18.4 Å². The fourth-order valence-corrected chi connectivity index (χ4v) is 1.69. The Morgan fingerprint density at radius 1 is 1.39 bits per heavy atom. The van der Waals surface area contributed by atoms with E-state index in [1.807, 2.05) is 13.0 Å². The van der Waals surface area contributed by atoms with E-state index >= 15 is 0 Å². The predicted molar refractivity (Wildman–Crippen MR) is 68.7 cm³/mol. The zero-order chi connectivity index (χ0) is 13.4. The van der Waals surface area contributed by atoms with Crippen LogP contribution in [-0.2, 0) is 6.42 Å². The molecule has 0 aromatic heterocycles. The highest BCUT2D eigenvalue weighted by atomic mass is 19.1. The van der Waals surface area contributed by atoms with Gasteiger partial charge < -0.3 is 10.5 Å². The van der Waals surface area contributed by atoms with Gasteiger partial charge in [0.1, 0.15) is 11.6 Å². The number of nitrogens with zero attached hydrogens (tertiary/aromatic N) is 1. The number of hydrogen-bond donors (Lipinski definition) is 1. The van der Waals surface area contributed by atoms with Gasteiger partial charge in [0.25, 0.3) is 0 Å². The van der Waals surface area contributed by atoms with E-state index in [0.29, 0.717) is 25.2 Å². The van der Waals surface area contributed by atoms with Crippen LogP contribution in [0.2, 0.25) is 0 Å². The lowest BCUT2D eigenvalue weighted by Crippen LogP contribution is -2.17. The van der Waals surface area contributed by atoms with Gasteiger partial charge in [0.05, 0.1) is 12.7 Å².